The Kier molecular flexibility index (Phi) is 5.90. The molecule has 3 aromatic rings. The monoisotopic (exact) mass is 388 g/mol. The molecule has 0 N–H and O–H groups in total. The number of benzene rings is 1. The van der Waals surface area contributed by atoms with Crippen molar-refractivity contribution in [3.8, 4) is 17.1 Å². The van der Waals surface area contributed by atoms with E-state index in [1.807, 2.05) is 41.8 Å². The standard InChI is InChI=1S/C18H17ClN4O2S/c1-3-25-16(24)11-26-18-22-21-17(13-7-9-20-10-8-13)23(18)15-6-4-5-14(19)12(15)2/h4-10H,3,11H2,1-2H3. The predicted octanol–water partition coefficient (Wildman–Crippen LogP) is 3.95. The van der Waals surface area contributed by atoms with E-state index in [9.17, 15) is 4.79 Å². The fourth-order valence-electron chi connectivity index (χ4n) is 2.43. The minimum atomic E-state index is -0.291. The molecule has 1 aromatic carbocycles. The second kappa shape index (κ2) is 8.33. The largest absolute Gasteiger partial charge is 0.465 e. The van der Waals surface area contributed by atoms with Crippen molar-refractivity contribution in [1.82, 2.24) is 19.7 Å². The van der Waals surface area contributed by atoms with Gasteiger partial charge in [-0.25, -0.2) is 0 Å². The number of hydrogen-bond donors (Lipinski definition) is 0. The number of esters is 1. The van der Waals surface area contributed by atoms with Crippen molar-refractivity contribution in [2.45, 2.75) is 19.0 Å². The Hall–Kier alpha value is -2.38. The van der Waals surface area contributed by atoms with Crippen molar-refractivity contribution in [1.29, 1.82) is 0 Å². The summed E-state index contributed by atoms with van der Waals surface area (Å²) < 4.78 is 6.90. The Labute approximate surface area is 160 Å². The van der Waals surface area contributed by atoms with Crippen molar-refractivity contribution in [2.75, 3.05) is 12.4 Å². The van der Waals surface area contributed by atoms with E-state index in [2.05, 4.69) is 15.2 Å². The Bertz CT molecular complexity index is 915. The van der Waals surface area contributed by atoms with Crippen LogP contribution in [-0.4, -0.2) is 38.1 Å². The molecule has 3 rings (SSSR count). The molecule has 8 heteroatoms. The first-order valence-corrected chi connectivity index (χ1v) is 9.38. The van der Waals surface area contributed by atoms with Gasteiger partial charge >= 0.3 is 5.97 Å². The van der Waals surface area contributed by atoms with E-state index in [4.69, 9.17) is 16.3 Å². The zero-order chi connectivity index (χ0) is 18.5. The van der Waals surface area contributed by atoms with E-state index >= 15 is 0 Å². The van der Waals surface area contributed by atoms with E-state index in [-0.39, 0.29) is 11.7 Å². The number of hydrogen-bond acceptors (Lipinski definition) is 6. The van der Waals surface area contributed by atoms with Gasteiger partial charge in [-0.05, 0) is 43.7 Å². The van der Waals surface area contributed by atoms with Crippen molar-refractivity contribution < 1.29 is 9.53 Å². The lowest BCUT2D eigenvalue weighted by Gasteiger charge is -2.13. The molecule has 0 spiro atoms. The van der Waals surface area contributed by atoms with Gasteiger partial charge in [0.25, 0.3) is 0 Å². The smallest absolute Gasteiger partial charge is 0.316 e. The first-order valence-electron chi connectivity index (χ1n) is 8.01. The first kappa shape index (κ1) is 18.4. The van der Waals surface area contributed by atoms with Crippen LogP contribution in [0, 0.1) is 6.92 Å². The molecule has 2 heterocycles. The van der Waals surface area contributed by atoms with Crippen LogP contribution in [0.3, 0.4) is 0 Å². The average Bonchev–Trinajstić information content (AvgIpc) is 3.07. The van der Waals surface area contributed by atoms with Crippen LogP contribution in [0.4, 0.5) is 0 Å². The highest BCUT2D eigenvalue weighted by molar-refractivity contribution is 7.99. The quantitative estimate of drug-likeness (QED) is 0.470. The van der Waals surface area contributed by atoms with Crippen LogP contribution in [0.1, 0.15) is 12.5 Å². The van der Waals surface area contributed by atoms with Gasteiger partial charge in [0.05, 0.1) is 18.0 Å². The third-order valence-electron chi connectivity index (χ3n) is 3.68. The number of rotatable bonds is 6. The summed E-state index contributed by atoms with van der Waals surface area (Å²) in [6.07, 6.45) is 3.40. The van der Waals surface area contributed by atoms with Crippen molar-refractivity contribution in [3.63, 3.8) is 0 Å². The van der Waals surface area contributed by atoms with Gasteiger partial charge in [-0.2, -0.15) is 0 Å². The summed E-state index contributed by atoms with van der Waals surface area (Å²) in [5.41, 5.74) is 2.64. The Morgan fingerprint density at radius 2 is 2.00 bits per heavy atom. The number of pyridine rings is 1. The third-order valence-corrected chi connectivity index (χ3v) is 4.99. The minimum Gasteiger partial charge on any atom is -0.465 e. The second-order valence-electron chi connectivity index (χ2n) is 5.36. The van der Waals surface area contributed by atoms with Gasteiger partial charge in [-0.15, -0.1) is 10.2 Å². The highest BCUT2D eigenvalue weighted by atomic mass is 35.5. The number of thioether (sulfide) groups is 1. The first-order chi connectivity index (χ1) is 12.6. The van der Waals surface area contributed by atoms with Gasteiger partial charge in [-0.3, -0.25) is 14.3 Å². The van der Waals surface area contributed by atoms with Crippen LogP contribution in [0.15, 0.2) is 47.9 Å². The fourth-order valence-corrected chi connectivity index (χ4v) is 3.35. The normalized spacial score (nSPS) is 10.7. The maximum absolute atomic E-state index is 11.7. The van der Waals surface area contributed by atoms with E-state index in [1.165, 1.54) is 11.8 Å². The van der Waals surface area contributed by atoms with Crippen LogP contribution in [-0.2, 0) is 9.53 Å². The maximum Gasteiger partial charge on any atom is 0.316 e. The molecule has 134 valence electrons. The summed E-state index contributed by atoms with van der Waals surface area (Å²) in [5, 5.41) is 9.85. The van der Waals surface area contributed by atoms with Crippen LogP contribution in [0.25, 0.3) is 17.1 Å². The van der Waals surface area contributed by atoms with Gasteiger partial charge in [-0.1, -0.05) is 29.4 Å². The molecule has 0 fully saturated rings. The summed E-state index contributed by atoms with van der Waals surface area (Å²) in [5.74, 6) is 0.520. The molecule has 0 aliphatic carbocycles. The van der Waals surface area contributed by atoms with Gasteiger partial charge in [0, 0.05) is 23.0 Å². The van der Waals surface area contributed by atoms with E-state index in [0.29, 0.717) is 22.6 Å². The summed E-state index contributed by atoms with van der Waals surface area (Å²) in [7, 11) is 0. The van der Waals surface area contributed by atoms with Crippen LogP contribution >= 0.6 is 23.4 Å². The number of ether oxygens (including phenoxy) is 1. The van der Waals surface area contributed by atoms with Gasteiger partial charge in [0.1, 0.15) is 0 Å². The molecule has 0 atom stereocenters. The van der Waals surface area contributed by atoms with Crippen molar-refractivity contribution in [2.24, 2.45) is 0 Å². The van der Waals surface area contributed by atoms with Gasteiger partial charge < -0.3 is 4.74 Å². The van der Waals surface area contributed by atoms with E-state index in [1.54, 1.807) is 19.3 Å². The Morgan fingerprint density at radius 3 is 2.73 bits per heavy atom. The second-order valence-corrected chi connectivity index (χ2v) is 6.70. The molecule has 0 aliphatic rings. The summed E-state index contributed by atoms with van der Waals surface area (Å²) in [6.45, 7) is 4.07. The molecule has 0 unspecified atom stereocenters. The zero-order valence-electron chi connectivity index (χ0n) is 14.3. The molecular weight excluding hydrogens is 372 g/mol. The summed E-state index contributed by atoms with van der Waals surface area (Å²) >= 11 is 7.58. The Morgan fingerprint density at radius 1 is 1.23 bits per heavy atom. The lowest BCUT2D eigenvalue weighted by molar-refractivity contribution is -0.139. The van der Waals surface area contributed by atoms with Crippen molar-refractivity contribution in [3.05, 3.63) is 53.3 Å². The Balaban J connectivity index is 2.07. The lowest BCUT2D eigenvalue weighted by Crippen LogP contribution is -2.08. The molecule has 0 bridgehead atoms. The molecule has 6 nitrogen and oxygen atoms in total. The third kappa shape index (κ3) is 3.89. The van der Waals surface area contributed by atoms with Crippen LogP contribution < -0.4 is 0 Å². The molecular formula is C18H17ClN4O2S. The van der Waals surface area contributed by atoms with Gasteiger partial charge in [0.2, 0.25) is 0 Å². The molecule has 2 aromatic heterocycles. The molecule has 0 amide bonds. The van der Waals surface area contributed by atoms with Gasteiger partial charge in [0.15, 0.2) is 11.0 Å². The number of carbonyl (C=O) groups is 1. The highest BCUT2D eigenvalue weighted by Gasteiger charge is 2.19. The fraction of sp³-hybridized carbons (Fsp3) is 0.222. The predicted molar refractivity (Wildman–Crippen MR) is 102 cm³/mol. The van der Waals surface area contributed by atoms with Crippen LogP contribution in [0.2, 0.25) is 5.02 Å². The molecule has 26 heavy (non-hydrogen) atoms. The van der Waals surface area contributed by atoms with Crippen molar-refractivity contribution >= 4 is 29.3 Å². The topological polar surface area (TPSA) is 69.9 Å². The maximum atomic E-state index is 11.7. The minimum absolute atomic E-state index is 0.155. The van der Waals surface area contributed by atoms with E-state index in [0.717, 1.165) is 16.8 Å². The SMILES string of the molecule is CCOC(=O)CSc1nnc(-c2ccncc2)n1-c1cccc(Cl)c1C. The number of aromatic nitrogens is 4. The van der Waals surface area contributed by atoms with E-state index < -0.39 is 0 Å². The highest BCUT2D eigenvalue weighted by Crippen LogP contribution is 2.31. The lowest BCUT2D eigenvalue weighted by atomic mass is 10.2. The number of halogens is 1. The zero-order valence-corrected chi connectivity index (χ0v) is 15.9. The average molecular weight is 389 g/mol. The molecule has 0 saturated carbocycles. The summed E-state index contributed by atoms with van der Waals surface area (Å²) in [6, 6.07) is 9.38. The van der Waals surface area contributed by atoms with Crippen LogP contribution in [0.5, 0.6) is 0 Å². The number of nitrogens with zero attached hydrogens (tertiary/aromatic N) is 4. The summed E-state index contributed by atoms with van der Waals surface area (Å²) in [4.78, 5) is 15.8. The number of carbonyl (C=O) groups excluding carboxylic acids is 1. The molecule has 0 saturated heterocycles. The molecule has 0 radical (unpaired) electrons. The molecule has 0 aliphatic heterocycles.